The minimum absolute atomic E-state index is 0.0787. The second kappa shape index (κ2) is 61.1. The van der Waals surface area contributed by atoms with Crippen LogP contribution in [0.15, 0.2) is 85.1 Å². The molecule has 0 radical (unpaired) electrons. The van der Waals surface area contributed by atoms with E-state index in [2.05, 4.69) is 106 Å². The van der Waals surface area contributed by atoms with Gasteiger partial charge in [-0.15, -0.1) is 0 Å². The molecule has 6 heteroatoms. The topological polar surface area (TPSA) is 78.9 Å². The van der Waals surface area contributed by atoms with E-state index in [-0.39, 0.29) is 31.1 Å². The van der Waals surface area contributed by atoms with Crippen molar-refractivity contribution in [2.24, 2.45) is 0 Å². The van der Waals surface area contributed by atoms with Crippen LogP contribution in [0, 0.1) is 0 Å². The van der Waals surface area contributed by atoms with E-state index in [1.807, 2.05) is 0 Å². The molecule has 0 aromatic rings. The lowest BCUT2D eigenvalue weighted by Gasteiger charge is -2.18. The highest BCUT2D eigenvalue weighted by molar-refractivity contribution is 5.71. The Bertz CT molecular complexity index is 1400. The van der Waals surface area contributed by atoms with Gasteiger partial charge in [0, 0.05) is 19.3 Å². The third-order valence-electron chi connectivity index (χ3n) is 13.4. The van der Waals surface area contributed by atoms with Gasteiger partial charge in [0.25, 0.3) is 0 Å². The first kappa shape index (κ1) is 69.6. The predicted molar refractivity (Wildman–Crippen MR) is 316 cm³/mol. The molecule has 73 heavy (non-hydrogen) atoms. The van der Waals surface area contributed by atoms with Crippen LogP contribution in [-0.2, 0) is 28.6 Å². The quantitative estimate of drug-likeness (QED) is 0.0261. The average Bonchev–Trinajstić information content (AvgIpc) is 3.39. The molecular weight excluding hydrogens is 901 g/mol. The zero-order valence-electron chi connectivity index (χ0n) is 48.1. The summed E-state index contributed by atoms with van der Waals surface area (Å²) in [4.78, 5) is 38.2. The third-order valence-corrected chi connectivity index (χ3v) is 13.4. The molecule has 0 rings (SSSR count). The van der Waals surface area contributed by atoms with Crippen molar-refractivity contribution in [3.05, 3.63) is 85.1 Å². The third kappa shape index (κ3) is 59.3. The van der Waals surface area contributed by atoms with Crippen LogP contribution < -0.4 is 0 Å². The molecule has 0 aliphatic rings. The Labute approximate surface area is 452 Å². The average molecular weight is 1020 g/mol. The Morgan fingerprint density at radius 3 is 0.836 bits per heavy atom. The minimum atomic E-state index is -0.781. The summed E-state index contributed by atoms with van der Waals surface area (Å²) < 4.78 is 16.9. The number of allylic oxidation sites excluding steroid dienone is 14. The molecule has 0 fully saturated rings. The molecule has 0 saturated carbocycles. The highest BCUT2D eigenvalue weighted by atomic mass is 16.6. The van der Waals surface area contributed by atoms with E-state index in [0.29, 0.717) is 19.3 Å². The van der Waals surface area contributed by atoms with Gasteiger partial charge in [-0.2, -0.15) is 0 Å². The standard InChI is InChI=1S/C67H116O6/c1-4-7-10-13-16-19-21-23-25-27-29-31-33-35-37-39-41-43-45-48-51-54-57-60-66(69)72-63-64(62-71-65(68)59-56-53-50-47-18-15-12-9-6-3)73-67(70)61-58-55-52-49-46-44-42-40-38-36-34-32-30-28-26-24-22-20-17-14-11-8-5-2/h7,10,16,19,22-25,28-31,35,37,64H,4-6,8-9,11-15,17-18,20-21,26-27,32-34,36,38-63H2,1-3H3/b10-7-,19-16-,24-22-,25-23-,30-28-,31-29-,37-35-. The van der Waals surface area contributed by atoms with Crippen molar-refractivity contribution in [1.82, 2.24) is 0 Å². The number of carbonyl (C=O) groups excluding carboxylic acids is 3. The van der Waals surface area contributed by atoms with E-state index < -0.39 is 6.10 Å². The lowest BCUT2D eigenvalue weighted by molar-refractivity contribution is -0.167. The lowest BCUT2D eigenvalue weighted by Crippen LogP contribution is -2.30. The zero-order chi connectivity index (χ0) is 52.9. The number of esters is 3. The summed E-state index contributed by atoms with van der Waals surface area (Å²) in [6.45, 7) is 6.51. The molecule has 0 aliphatic heterocycles. The summed E-state index contributed by atoms with van der Waals surface area (Å²) in [7, 11) is 0. The highest BCUT2D eigenvalue weighted by Crippen LogP contribution is 2.16. The monoisotopic (exact) mass is 1020 g/mol. The van der Waals surface area contributed by atoms with E-state index >= 15 is 0 Å². The van der Waals surface area contributed by atoms with Crippen molar-refractivity contribution >= 4 is 17.9 Å². The van der Waals surface area contributed by atoms with Crippen LogP contribution in [0.2, 0.25) is 0 Å². The largest absolute Gasteiger partial charge is 0.462 e. The predicted octanol–water partition coefficient (Wildman–Crippen LogP) is 21.1. The van der Waals surface area contributed by atoms with Crippen molar-refractivity contribution < 1.29 is 28.6 Å². The summed E-state index contributed by atoms with van der Waals surface area (Å²) in [5, 5.41) is 0. The van der Waals surface area contributed by atoms with E-state index in [0.717, 1.165) is 103 Å². The van der Waals surface area contributed by atoms with Crippen molar-refractivity contribution in [2.75, 3.05) is 13.2 Å². The first-order chi connectivity index (χ1) is 36.0. The van der Waals surface area contributed by atoms with Gasteiger partial charge in [0.1, 0.15) is 13.2 Å². The van der Waals surface area contributed by atoms with Gasteiger partial charge in [0.05, 0.1) is 0 Å². The zero-order valence-corrected chi connectivity index (χ0v) is 48.1. The van der Waals surface area contributed by atoms with Gasteiger partial charge in [-0.05, 0) is 96.3 Å². The summed E-state index contributed by atoms with van der Waals surface area (Å²) in [6.07, 6.45) is 80.2. The molecule has 0 N–H and O–H groups in total. The van der Waals surface area contributed by atoms with Crippen LogP contribution in [0.4, 0.5) is 0 Å². The van der Waals surface area contributed by atoms with Gasteiger partial charge >= 0.3 is 17.9 Å². The molecule has 0 saturated heterocycles. The van der Waals surface area contributed by atoms with Gasteiger partial charge < -0.3 is 14.2 Å². The van der Waals surface area contributed by atoms with Gasteiger partial charge in [0.2, 0.25) is 0 Å². The number of unbranched alkanes of at least 4 members (excludes halogenated alkanes) is 31. The summed E-state index contributed by atoms with van der Waals surface area (Å²) in [5.74, 6) is -0.885. The van der Waals surface area contributed by atoms with E-state index in [1.54, 1.807) is 0 Å². The van der Waals surface area contributed by atoms with Crippen LogP contribution in [0.5, 0.6) is 0 Å². The highest BCUT2D eigenvalue weighted by Gasteiger charge is 2.19. The first-order valence-corrected chi connectivity index (χ1v) is 31.1. The normalized spacial score (nSPS) is 12.6. The lowest BCUT2D eigenvalue weighted by atomic mass is 10.0. The maximum Gasteiger partial charge on any atom is 0.306 e. The number of rotatable bonds is 56. The van der Waals surface area contributed by atoms with Gasteiger partial charge in [-0.1, -0.05) is 273 Å². The Balaban J connectivity index is 4.26. The fraction of sp³-hybridized carbons (Fsp3) is 0.746. The van der Waals surface area contributed by atoms with Gasteiger partial charge in [-0.25, -0.2) is 0 Å². The van der Waals surface area contributed by atoms with Crippen molar-refractivity contribution in [1.29, 1.82) is 0 Å². The summed E-state index contributed by atoms with van der Waals surface area (Å²) in [5.41, 5.74) is 0. The summed E-state index contributed by atoms with van der Waals surface area (Å²) in [6, 6.07) is 0. The SMILES string of the molecule is CC/C=C\C/C=C\C/C=C\C/C=C\C/C=C\CCCCCCCCCC(=O)OCC(COC(=O)CCCCCCCCCCC)OC(=O)CCCCCCCCCCCCC/C=C\C/C=C\CCCCCCC. The number of hydrogen-bond donors (Lipinski definition) is 0. The molecule has 420 valence electrons. The molecule has 1 unspecified atom stereocenters. The molecule has 0 amide bonds. The van der Waals surface area contributed by atoms with Crippen molar-refractivity contribution in [3.63, 3.8) is 0 Å². The Morgan fingerprint density at radius 1 is 0.288 bits per heavy atom. The van der Waals surface area contributed by atoms with Crippen LogP contribution in [0.25, 0.3) is 0 Å². The fourth-order valence-electron chi connectivity index (χ4n) is 8.74. The number of hydrogen-bond acceptors (Lipinski definition) is 6. The van der Waals surface area contributed by atoms with Crippen molar-refractivity contribution in [3.8, 4) is 0 Å². The van der Waals surface area contributed by atoms with Crippen LogP contribution in [-0.4, -0.2) is 37.2 Å². The maximum absolute atomic E-state index is 12.9. The van der Waals surface area contributed by atoms with E-state index in [4.69, 9.17) is 14.2 Å². The van der Waals surface area contributed by atoms with Crippen LogP contribution in [0.3, 0.4) is 0 Å². The molecular formula is C67H116O6. The Hall–Kier alpha value is -3.41. The molecule has 0 spiro atoms. The number of carbonyl (C=O) groups is 3. The Morgan fingerprint density at radius 2 is 0.534 bits per heavy atom. The van der Waals surface area contributed by atoms with E-state index in [9.17, 15) is 14.4 Å². The second-order valence-corrected chi connectivity index (χ2v) is 20.6. The molecule has 0 aliphatic carbocycles. The molecule has 0 bridgehead atoms. The molecule has 0 aromatic carbocycles. The molecule has 1 atom stereocenters. The van der Waals surface area contributed by atoms with Crippen LogP contribution >= 0.6 is 0 Å². The minimum Gasteiger partial charge on any atom is -0.462 e. The molecule has 0 aromatic heterocycles. The summed E-state index contributed by atoms with van der Waals surface area (Å²) >= 11 is 0. The van der Waals surface area contributed by atoms with Gasteiger partial charge in [-0.3, -0.25) is 14.4 Å². The fourth-order valence-corrected chi connectivity index (χ4v) is 8.74. The van der Waals surface area contributed by atoms with Crippen molar-refractivity contribution in [2.45, 2.75) is 309 Å². The maximum atomic E-state index is 12.9. The van der Waals surface area contributed by atoms with Crippen LogP contribution in [0.1, 0.15) is 303 Å². The first-order valence-electron chi connectivity index (χ1n) is 31.1. The Kier molecular flexibility index (Phi) is 58.3. The molecule has 0 heterocycles. The molecule has 6 nitrogen and oxygen atoms in total. The van der Waals surface area contributed by atoms with E-state index in [1.165, 1.54) is 161 Å². The van der Waals surface area contributed by atoms with Gasteiger partial charge in [0.15, 0.2) is 6.10 Å². The smallest absolute Gasteiger partial charge is 0.306 e. The number of ether oxygens (including phenoxy) is 3. The second-order valence-electron chi connectivity index (χ2n) is 20.6.